The summed E-state index contributed by atoms with van der Waals surface area (Å²) in [6.07, 6.45) is 2.08. The number of halogens is 2. The fourth-order valence-corrected chi connectivity index (χ4v) is 5.79. The van der Waals surface area contributed by atoms with Crippen LogP contribution in [0.25, 0.3) is 10.9 Å². The fraction of sp³-hybridized carbons (Fsp3) is 0.417. The smallest absolute Gasteiger partial charge is 0.327 e. The second-order valence-electron chi connectivity index (χ2n) is 8.55. The molecule has 1 aliphatic heterocycles. The second kappa shape index (κ2) is 10.2. The van der Waals surface area contributed by atoms with Crippen molar-refractivity contribution in [1.29, 1.82) is 0 Å². The molecule has 176 valence electrons. The van der Waals surface area contributed by atoms with E-state index in [1.165, 1.54) is 4.57 Å². The number of thioether (sulfide) groups is 1. The first-order valence-corrected chi connectivity index (χ1v) is 12.9. The Morgan fingerprint density at radius 1 is 1.21 bits per heavy atom. The van der Waals surface area contributed by atoms with Gasteiger partial charge < -0.3 is 10.7 Å². The van der Waals surface area contributed by atoms with Crippen molar-refractivity contribution in [3.05, 3.63) is 71.8 Å². The summed E-state index contributed by atoms with van der Waals surface area (Å²) in [6.45, 7) is 6.54. The predicted octanol–water partition coefficient (Wildman–Crippen LogP) is 4.39. The third-order valence-electron chi connectivity index (χ3n) is 6.12. The minimum Gasteiger partial charge on any atom is -0.327 e. The largest absolute Gasteiger partial charge is 0.329 e. The van der Waals surface area contributed by atoms with E-state index < -0.39 is 5.69 Å². The van der Waals surface area contributed by atoms with Gasteiger partial charge in [-0.15, -0.1) is 11.8 Å². The molecule has 3 aromatic rings. The third-order valence-corrected chi connectivity index (χ3v) is 7.77. The van der Waals surface area contributed by atoms with E-state index in [-0.39, 0.29) is 18.1 Å². The lowest BCUT2D eigenvalue weighted by atomic mass is 10.0. The Morgan fingerprint density at radius 2 is 2.00 bits per heavy atom. The predicted molar refractivity (Wildman–Crippen MR) is 138 cm³/mol. The van der Waals surface area contributed by atoms with Crippen LogP contribution in [0.1, 0.15) is 36.5 Å². The van der Waals surface area contributed by atoms with E-state index in [9.17, 15) is 9.59 Å². The van der Waals surface area contributed by atoms with E-state index in [1.807, 2.05) is 25.1 Å². The number of nitrogens with two attached hydrogens (primary N) is 1. The Hall–Kier alpha value is -1.77. The van der Waals surface area contributed by atoms with Gasteiger partial charge in [0.1, 0.15) is 0 Å². The van der Waals surface area contributed by atoms with Crippen LogP contribution >= 0.6 is 35.0 Å². The van der Waals surface area contributed by atoms with Crippen molar-refractivity contribution < 1.29 is 0 Å². The number of fused-ring (bicyclic) bond motifs is 1. The molecule has 1 aliphatic rings. The van der Waals surface area contributed by atoms with Gasteiger partial charge in [0.05, 0.1) is 22.5 Å². The number of likely N-dealkylation sites (tertiary alicyclic amines) is 1. The SMILES string of the molecule is CCSc1ccc(Cl)cc1Cn1c(=O)[nH]c2c(Cl)c(CN3CCCC(N)C3)c(C)cc2c1=O. The lowest BCUT2D eigenvalue weighted by Crippen LogP contribution is -2.42. The molecule has 1 aromatic heterocycles. The van der Waals surface area contributed by atoms with Crippen LogP contribution in [0.4, 0.5) is 0 Å². The van der Waals surface area contributed by atoms with Gasteiger partial charge in [0, 0.05) is 29.0 Å². The number of H-pyrrole nitrogens is 1. The minimum absolute atomic E-state index is 0.136. The average Bonchev–Trinajstić information content (AvgIpc) is 2.77. The van der Waals surface area contributed by atoms with Gasteiger partial charge in [-0.25, -0.2) is 4.79 Å². The zero-order chi connectivity index (χ0) is 23.7. The van der Waals surface area contributed by atoms with Crippen LogP contribution in [0.5, 0.6) is 0 Å². The van der Waals surface area contributed by atoms with Crippen LogP contribution in [0.3, 0.4) is 0 Å². The van der Waals surface area contributed by atoms with Gasteiger partial charge in [0.15, 0.2) is 0 Å². The topological polar surface area (TPSA) is 84.1 Å². The van der Waals surface area contributed by atoms with Gasteiger partial charge in [-0.05, 0) is 73.0 Å². The highest BCUT2D eigenvalue weighted by Crippen LogP contribution is 2.29. The Balaban J connectivity index is 1.76. The highest BCUT2D eigenvalue weighted by Gasteiger charge is 2.21. The molecular formula is C24H28Cl2N4O2S. The molecule has 1 fully saturated rings. The molecule has 2 aromatic carbocycles. The molecule has 0 bridgehead atoms. The Labute approximate surface area is 207 Å². The van der Waals surface area contributed by atoms with Crippen LogP contribution in [0, 0.1) is 6.92 Å². The molecule has 3 N–H and O–H groups in total. The molecule has 0 radical (unpaired) electrons. The van der Waals surface area contributed by atoms with E-state index in [2.05, 4.69) is 16.8 Å². The van der Waals surface area contributed by atoms with E-state index in [1.54, 1.807) is 17.8 Å². The molecule has 2 heterocycles. The maximum Gasteiger partial charge on any atom is 0.329 e. The number of aromatic nitrogens is 2. The first-order valence-electron chi connectivity index (χ1n) is 11.1. The second-order valence-corrected chi connectivity index (χ2v) is 10.7. The number of nitrogens with zero attached hydrogens (tertiary/aromatic N) is 2. The quantitative estimate of drug-likeness (QED) is 0.484. The molecule has 33 heavy (non-hydrogen) atoms. The summed E-state index contributed by atoms with van der Waals surface area (Å²) in [4.78, 5) is 32.5. The molecular weight excluding hydrogens is 479 g/mol. The van der Waals surface area contributed by atoms with E-state index >= 15 is 0 Å². The number of aromatic amines is 1. The highest BCUT2D eigenvalue weighted by atomic mass is 35.5. The van der Waals surface area contributed by atoms with Crippen LogP contribution in [0.2, 0.25) is 10.0 Å². The van der Waals surface area contributed by atoms with Gasteiger partial charge in [-0.1, -0.05) is 30.1 Å². The number of hydrogen-bond acceptors (Lipinski definition) is 5. The third kappa shape index (κ3) is 5.17. The number of benzene rings is 2. The Kier molecular flexibility index (Phi) is 7.56. The Morgan fingerprint density at radius 3 is 2.73 bits per heavy atom. The van der Waals surface area contributed by atoms with Crippen molar-refractivity contribution in [2.75, 3.05) is 18.8 Å². The zero-order valence-electron chi connectivity index (χ0n) is 18.8. The summed E-state index contributed by atoms with van der Waals surface area (Å²) in [5.74, 6) is 0.872. The maximum absolute atomic E-state index is 13.4. The first kappa shape index (κ1) is 24.4. The van der Waals surface area contributed by atoms with Crippen LogP contribution in [-0.2, 0) is 13.1 Å². The van der Waals surface area contributed by atoms with Crippen molar-refractivity contribution in [3.8, 4) is 0 Å². The minimum atomic E-state index is -0.489. The molecule has 1 saturated heterocycles. The van der Waals surface area contributed by atoms with Crippen LogP contribution in [-0.4, -0.2) is 39.3 Å². The van der Waals surface area contributed by atoms with E-state index in [0.29, 0.717) is 27.5 Å². The van der Waals surface area contributed by atoms with Crippen molar-refractivity contribution >= 4 is 45.9 Å². The summed E-state index contributed by atoms with van der Waals surface area (Å²) >= 11 is 14.6. The van der Waals surface area contributed by atoms with Crippen LogP contribution < -0.4 is 17.0 Å². The number of rotatable bonds is 6. The summed E-state index contributed by atoms with van der Waals surface area (Å²) in [5.41, 5.74) is 8.34. The Bertz CT molecular complexity index is 1300. The molecule has 1 unspecified atom stereocenters. The standard InChI is InChI=1S/C24H28Cl2N4O2S/c1-3-33-20-7-6-16(25)10-15(20)11-30-23(31)18-9-14(2)19(21(26)22(18)28-24(30)32)13-29-8-4-5-17(27)12-29/h6-7,9-10,17H,3-5,8,11-13,27H2,1-2H3,(H,28,32). The van der Waals surface area contributed by atoms with Crippen molar-refractivity contribution in [2.24, 2.45) is 5.73 Å². The molecule has 6 nitrogen and oxygen atoms in total. The molecule has 4 rings (SSSR count). The number of piperidine rings is 1. The average molecular weight is 507 g/mol. The van der Waals surface area contributed by atoms with Gasteiger partial charge in [-0.3, -0.25) is 14.3 Å². The van der Waals surface area contributed by atoms with Crippen molar-refractivity contribution in [2.45, 2.75) is 50.7 Å². The first-order chi connectivity index (χ1) is 15.8. The molecule has 0 aliphatic carbocycles. The van der Waals surface area contributed by atoms with Gasteiger partial charge in [0.2, 0.25) is 0 Å². The van der Waals surface area contributed by atoms with E-state index in [4.69, 9.17) is 28.9 Å². The van der Waals surface area contributed by atoms with Gasteiger partial charge in [-0.2, -0.15) is 0 Å². The fourth-order valence-electron chi connectivity index (χ4n) is 4.46. The molecule has 0 spiro atoms. The summed E-state index contributed by atoms with van der Waals surface area (Å²) in [7, 11) is 0. The zero-order valence-corrected chi connectivity index (χ0v) is 21.1. The molecule has 1 atom stereocenters. The lowest BCUT2D eigenvalue weighted by molar-refractivity contribution is 0.201. The molecule has 0 amide bonds. The van der Waals surface area contributed by atoms with Crippen molar-refractivity contribution in [1.82, 2.24) is 14.5 Å². The van der Waals surface area contributed by atoms with Gasteiger partial charge >= 0.3 is 5.69 Å². The monoisotopic (exact) mass is 506 g/mol. The molecule has 9 heteroatoms. The number of hydrogen-bond donors (Lipinski definition) is 2. The summed E-state index contributed by atoms with van der Waals surface area (Å²) in [6, 6.07) is 7.53. The number of aryl methyl sites for hydroxylation is 1. The summed E-state index contributed by atoms with van der Waals surface area (Å²) < 4.78 is 1.22. The highest BCUT2D eigenvalue weighted by molar-refractivity contribution is 7.99. The normalized spacial score (nSPS) is 17.1. The van der Waals surface area contributed by atoms with Crippen molar-refractivity contribution in [3.63, 3.8) is 0 Å². The van der Waals surface area contributed by atoms with E-state index in [0.717, 1.165) is 53.3 Å². The van der Waals surface area contributed by atoms with Gasteiger partial charge in [0.25, 0.3) is 5.56 Å². The summed E-state index contributed by atoms with van der Waals surface area (Å²) in [5, 5.41) is 1.40. The number of nitrogens with one attached hydrogen (secondary N) is 1. The maximum atomic E-state index is 13.4. The molecule has 0 saturated carbocycles. The van der Waals surface area contributed by atoms with Crippen LogP contribution in [0.15, 0.2) is 38.8 Å². The lowest BCUT2D eigenvalue weighted by Gasteiger charge is -2.31.